The molecule has 2 atom stereocenters. The summed E-state index contributed by atoms with van der Waals surface area (Å²) in [5.41, 5.74) is 6.41. The molecule has 0 fully saturated rings. The first-order valence-electron chi connectivity index (χ1n) is 6.31. The number of benzene rings is 1. The molecule has 2 unspecified atom stereocenters. The van der Waals surface area contributed by atoms with Crippen LogP contribution >= 0.6 is 0 Å². The van der Waals surface area contributed by atoms with Crippen LogP contribution in [0.25, 0.3) is 0 Å². The molecular weight excluding hydrogens is 228 g/mol. The lowest BCUT2D eigenvalue weighted by molar-refractivity contribution is -0.122. The Balaban J connectivity index is 2.44. The van der Waals surface area contributed by atoms with Crippen LogP contribution in [0.4, 0.5) is 0 Å². The molecule has 1 rings (SSSR count). The summed E-state index contributed by atoms with van der Waals surface area (Å²) in [5, 5.41) is 12.3. The van der Waals surface area contributed by atoms with Gasteiger partial charge in [0.2, 0.25) is 5.91 Å². The van der Waals surface area contributed by atoms with E-state index in [9.17, 15) is 9.90 Å². The molecule has 0 radical (unpaired) electrons. The molecule has 0 bridgehead atoms. The van der Waals surface area contributed by atoms with Crippen LogP contribution < -0.4 is 11.1 Å². The number of phenols is 1. The lowest BCUT2D eigenvalue weighted by Crippen LogP contribution is -2.27. The molecule has 4 heteroatoms. The molecule has 4 N–H and O–H groups in total. The van der Waals surface area contributed by atoms with Gasteiger partial charge in [0, 0.05) is 6.42 Å². The summed E-state index contributed by atoms with van der Waals surface area (Å²) in [5.74, 6) is 0.600. The topological polar surface area (TPSA) is 75.4 Å². The molecular formula is C14H22N2O2. The third-order valence-electron chi connectivity index (χ3n) is 3.01. The van der Waals surface area contributed by atoms with E-state index in [1.807, 2.05) is 19.9 Å². The predicted octanol–water partition coefficient (Wildman–Crippen LogP) is 1.94. The van der Waals surface area contributed by atoms with Gasteiger partial charge in [0.15, 0.2) is 0 Å². The number of phenolic OH excluding ortho intramolecular Hbond substituents is 1. The van der Waals surface area contributed by atoms with Gasteiger partial charge in [-0.2, -0.15) is 0 Å². The number of carbonyl (C=O) groups is 1. The van der Waals surface area contributed by atoms with Gasteiger partial charge < -0.3 is 16.2 Å². The minimum absolute atomic E-state index is 0.0196. The predicted molar refractivity (Wildman–Crippen MR) is 72.1 cm³/mol. The quantitative estimate of drug-likeness (QED) is 0.722. The average Bonchev–Trinajstić information content (AvgIpc) is 2.35. The SMILES string of the molecule is CC(CN)CCC(=O)NC(C)c1cccc(O)c1. The zero-order valence-corrected chi connectivity index (χ0v) is 11.0. The molecule has 0 aliphatic rings. The van der Waals surface area contributed by atoms with Crippen molar-refractivity contribution in [3.8, 4) is 5.75 Å². The van der Waals surface area contributed by atoms with Gasteiger partial charge in [-0.1, -0.05) is 19.1 Å². The molecule has 18 heavy (non-hydrogen) atoms. The van der Waals surface area contributed by atoms with Gasteiger partial charge in [-0.15, -0.1) is 0 Å². The van der Waals surface area contributed by atoms with Gasteiger partial charge in [-0.3, -0.25) is 4.79 Å². The van der Waals surface area contributed by atoms with Crippen molar-refractivity contribution in [3.05, 3.63) is 29.8 Å². The number of rotatable bonds is 6. The number of carbonyl (C=O) groups excluding carboxylic acids is 1. The van der Waals surface area contributed by atoms with E-state index in [1.54, 1.807) is 18.2 Å². The Morgan fingerprint density at radius 1 is 1.44 bits per heavy atom. The van der Waals surface area contributed by atoms with E-state index in [2.05, 4.69) is 5.32 Å². The van der Waals surface area contributed by atoms with Gasteiger partial charge >= 0.3 is 0 Å². The van der Waals surface area contributed by atoms with Crippen molar-refractivity contribution >= 4 is 5.91 Å². The van der Waals surface area contributed by atoms with Gasteiger partial charge in [0.05, 0.1) is 6.04 Å². The Kier molecular flexibility index (Phi) is 5.65. The second-order valence-electron chi connectivity index (χ2n) is 4.76. The van der Waals surface area contributed by atoms with Crippen molar-refractivity contribution < 1.29 is 9.90 Å². The van der Waals surface area contributed by atoms with Gasteiger partial charge in [0.1, 0.15) is 5.75 Å². The molecule has 0 saturated heterocycles. The molecule has 1 amide bonds. The summed E-state index contributed by atoms with van der Waals surface area (Å²) in [6, 6.07) is 6.82. The maximum absolute atomic E-state index is 11.7. The Hall–Kier alpha value is -1.55. The molecule has 4 nitrogen and oxygen atoms in total. The van der Waals surface area contributed by atoms with Crippen molar-refractivity contribution in [2.45, 2.75) is 32.7 Å². The number of hydrogen-bond donors (Lipinski definition) is 3. The van der Waals surface area contributed by atoms with E-state index in [0.29, 0.717) is 18.9 Å². The zero-order chi connectivity index (χ0) is 13.5. The van der Waals surface area contributed by atoms with Crippen molar-refractivity contribution in [1.82, 2.24) is 5.32 Å². The van der Waals surface area contributed by atoms with Crippen LogP contribution in [0.1, 0.15) is 38.3 Å². The van der Waals surface area contributed by atoms with E-state index in [4.69, 9.17) is 5.73 Å². The Morgan fingerprint density at radius 3 is 2.78 bits per heavy atom. The largest absolute Gasteiger partial charge is 0.508 e. The van der Waals surface area contributed by atoms with Crippen LogP contribution in [-0.2, 0) is 4.79 Å². The van der Waals surface area contributed by atoms with Crippen LogP contribution in [0.15, 0.2) is 24.3 Å². The second-order valence-corrected chi connectivity index (χ2v) is 4.76. The molecule has 0 heterocycles. The van der Waals surface area contributed by atoms with Gasteiger partial charge in [-0.25, -0.2) is 0 Å². The first-order valence-corrected chi connectivity index (χ1v) is 6.31. The highest BCUT2D eigenvalue weighted by Crippen LogP contribution is 2.18. The highest BCUT2D eigenvalue weighted by atomic mass is 16.3. The number of nitrogens with one attached hydrogen (secondary N) is 1. The van der Waals surface area contributed by atoms with Crippen molar-refractivity contribution in [3.63, 3.8) is 0 Å². The van der Waals surface area contributed by atoms with Crippen molar-refractivity contribution in [1.29, 1.82) is 0 Å². The van der Waals surface area contributed by atoms with E-state index >= 15 is 0 Å². The highest BCUT2D eigenvalue weighted by molar-refractivity contribution is 5.76. The molecule has 1 aromatic rings. The number of amides is 1. The lowest BCUT2D eigenvalue weighted by atomic mass is 10.0. The normalized spacial score (nSPS) is 13.9. The van der Waals surface area contributed by atoms with Crippen molar-refractivity contribution in [2.24, 2.45) is 11.7 Å². The van der Waals surface area contributed by atoms with E-state index in [1.165, 1.54) is 0 Å². The maximum Gasteiger partial charge on any atom is 0.220 e. The van der Waals surface area contributed by atoms with Gasteiger partial charge in [-0.05, 0) is 43.5 Å². The number of nitrogens with two attached hydrogens (primary N) is 1. The summed E-state index contributed by atoms with van der Waals surface area (Å²) in [4.78, 5) is 11.7. The standard InChI is InChI=1S/C14H22N2O2/c1-10(9-15)6-7-14(18)16-11(2)12-4-3-5-13(17)8-12/h3-5,8,10-11,17H,6-7,9,15H2,1-2H3,(H,16,18). The molecule has 0 saturated carbocycles. The monoisotopic (exact) mass is 250 g/mol. The summed E-state index contributed by atoms with van der Waals surface area (Å²) in [6.07, 6.45) is 1.29. The smallest absolute Gasteiger partial charge is 0.220 e. The molecule has 0 aromatic heterocycles. The summed E-state index contributed by atoms with van der Waals surface area (Å²) in [6.45, 7) is 4.54. The zero-order valence-electron chi connectivity index (χ0n) is 11.0. The molecule has 0 spiro atoms. The van der Waals surface area contributed by atoms with Crippen LogP contribution in [-0.4, -0.2) is 17.6 Å². The minimum Gasteiger partial charge on any atom is -0.508 e. The fraction of sp³-hybridized carbons (Fsp3) is 0.500. The van der Waals surface area contributed by atoms with E-state index < -0.39 is 0 Å². The third-order valence-corrected chi connectivity index (χ3v) is 3.01. The van der Waals surface area contributed by atoms with Crippen LogP contribution in [0.2, 0.25) is 0 Å². The van der Waals surface area contributed by atoms with E-state index in [0.717, 1.165) is 12.0 Å². The molecule has 100 valence electrons. The Morgan fingerprint density at radius 2 is 2.17 bits per heavy atom. The molecule has 0 aliphatic carbocycles. The van der Waals surface area contributed by atoms with Crippen LogP contribution in [0.5, 0.6) is 5.75 Å². The molecule has 1 aromatic carbocycles. The van der Waals surface area contributed by atoms with E-state index in [-0.39, 0.29) is 17.7 Å². The highest BCUT2D eigenvalue weighted by Gasteiger charge is 2.11. The third kappa shape index (κ3) is 4.75. The fourth-order valence-electron chi connectivity index (χ4n) is 1.69. The Labute approximate surface area is 108 Å². The molecule has 0 aliphatic heterocycles. The minimum atomic E-state index is -0.0993. The first-order chi connectivity index (χ1) is 8.52. The summed E-state index contributed by atoms with van der Waals surface area (Å²) >= 11 is 0. The van der Waals surface area contributed by atoms with Crippen LogP contribution in [0, 0.1) is 5.92 Å². The fourth-order valence-corrected chi connectivity index (χ4v) is 1.69. The summed E-state index contributed by atoms with van der Waals surface area (Å²) < 4.78 is 0. The maximum atomic E-state index is 11.7. The number of aromatic hydroxyl groups is 1. The first kappa shape index (κ1) is 14.5. The summed E-state index contributed by atoms with van der Waals surface area (Å²) in [7, 11) is 0. The Bertz CT molecular complexity index is 393. The average molecular weight is 250 g/mol. The van der Waals surface area contributed by atoms with Gasteiger partial charge in [0.25, 0.3) is 0 Å². The van der Waals surface area contributed by atoms with Crippen molar-refractivity contribution in [2.75, 3.05) is 6.54 Å². The second kappa shape index (κ2) is 7.01. The lowest BCUT2D eigenvalue weighted by Gasteiger charge is -2.15. The van der Waals surface area contributed by atoms with Crippen LogP contribution in [0.3, 0.4) is 0 Å². The number of hydrogen-bond acceptors (Lipinski definition) is 3.